The molecule has 3 aliphatic rings. The largest absolute Gasteiger partial charge is 0.497 e. The Balaban J connectivity index is 2.30. The molecule has 0 amide bonds. The molecule has 8 nitrogen and oxygen atoms in total. The van der Waals surface area contributed by atoms with E-state index in [0.29, 0.717) is 10.9 Å². The predicted molar refractivity (Wildman–Crippen MR) is 163 cm³/mol. The standard InChI is InChI=1S/C32H48N3O5P/c1-21(2)34(22(3)4)41-28(30(37)40-10)27(29(36)39-9)32(20-26(33-41)31(5,6)7,23-16-18-25(38-8)19-17-23)35(41)24-14-12-11-13-15-24/h16-22,24H,11-15H2,1-10H3/t32-,41+/m0/s1. The van der Waals surface area contributed by atoms with E-state index >= 15 is 0 Å². The molecule has 0 aromatic heterocycles. The van der Waals surface area contributed by atoms with Crippen molar-refractivity contribution < 1.29 is 23.8 Å². The Bertz CT molecular complexity index is 1280. The molecule has 1 aliphatic carbocycles. The highest BCUT2D eigenvalue weighted by atomic mass is 31.2. The zero-order valence-corrected chi connectivity index (χ0v) is 27.4. The van der Waals surface area contributed by atoms with Crippen LogP contribution in [0.25, 0.3) is 0 Å². The second kappa shape index (κ2) is 11.7. The maximum absolute atomic E-state index is 14.2. The van der Waals surface area contributed by atoms with Crippen molar-refractivity contribution >= 4 is 19.3 Å². The Morgan fingerprint density at radius 3 is 1.98 bits per heavy atom. The number of hydrogen-bond acceptors (Lipinski definition) is 8. The number of allylic oxidation sites excluding steroid dienone is 1. The normalized spacial score (nSPS) is 25.4. The minimum Gasteiger partial charge on any atom is -0.497 e. The van der Waals surface area contributed by atoms with Gasteiger partial charge in [0.1, 0.15) is 24.0 Å². The minimum absolute atomic E-state index is 0.0303. The van der Waals surface area contributed by atoms with Crippen LogP contribution in [0.1, 0.15) is 86.1 Å². The Labute approximate surface area is 246 Å². The Kier molecular flexibility index (Phi) is 8.99. The van der Waals surface area contributed by atoms with E-state index < -0.39 is 24.8 Å². The maximum atomic E-state index is 14.2. The highest BCUT2D eigenvalue weighted by molar-refractivity contribution is 7.68. The molecular formula is C32H48N3O5P. The Morgan fingerprint density at radius 1 is 0.951 bits per heavy atom. The summed E-state index contributed by atoms with van der Waals surface area (Å²) in [6.45, 7) is 15.0. The maximum Gasteiger partial charge on any atom is 0.343 e. The summed E-state index contributed by atoms with van der Waals surface area (Å²) in [5.74, 6) is -0.330. The first-order valence-corrected chi connectivity index (χ1v) is 16.5. The summed E-state index contributed by atoms with van der Waals surface area (Å²) in [5.41, 5.74) is 0.654. The molecule has 226 valence electrons. The van der Waals surface area contributed by atoms with Gasteiger partial charge < -0.3 is 14.2 Å². The quantitative estimate of drug-likeness (QED) is 0.235. The molecule has 2 heterocycles. The molecule has 2 aliphatic heterocycles. The van der Waals surface area contributed by atoms with Gasteiger partial charge in [-0.25, -0.2) is 23.7 Å². The van der Waals surface area contributed by atoms with Crippen molar-refractivity contribution in [3.8, 4) is 5.75 Å². The van der Waals surface area contributed by atoms with Gasteiger partial charge in [0.25, 0.3) is 0 Å². The van der Waals surface area contributed by atoms with Crippen molar-refractivity contribution in [2.24, 2.45) is 10.2 Å². The second-order valence-corrected chi connectivity index (χ2v) is 15.5. The van der Waals surface area contributed by atoms with Crippen molar-refractivity contribution in [1.82, 2.24) is 9.34 Å². The molecule has 2 bridgehead atoms. The third-order valence-electron chi connectivity index (χ3n) is 8.54. The van der Waals surface area contributed by atoms with Gasteiger partial charge in [0.05, 0.1) is 26.9 Å². The summed E-state index contributed by atoms with van der Waals surface area (Å²) < 4.78 is 27.2. The van der Waals surface area contributed by atoms with Crippen LogP contribution in [0.3, 0.4) is 0 Å². The lowest BCUT2D eigenvalue weighted by atomic mass is 9.76. The van der Waals surface area contributed by atoms with Crippen molar-refractivity contribution in [2.45, 2.75) is 104 Å². The number of hydrogen-bond donors (Lipinski definition) is 0. The van der Waals surface area contributed by atoms with E-state index in [9.17, 15) is 9.59 Å². The van der Waals surface area contributed by atoms with E-state index in [1.165, 1.54) is 20.6 Å². The molecule has 4 rings (SSSR count). The summed E-state index contributed by atoms with van der Waals surface area (Å²) in [4.78, 5) is 28.4. The smallest absolute Gasteiger partial charge is 0.343 e. The van der Waals surface area contributed by atoms with Gasteiger partial charge in [0.15, 0.2) is 0 Å². The Hall–Kier alpha value is -2.41. The third kappa shape index (κ3) is 5.00. The van der Waals surface area contributed by atoms with Crippen LogP contribution in [0, 0.1) is 5.41 Å². The first-order chi connectivity index (χ1) is 19.3. The molecule has 41 heavy (non-hydrogen) atoms. The monoisotopic (exact) mass is 585 g/mol. The number of carbonyl (C=O) groups excluding carboxylic acids is 2. The molecule has 1 aromatic carbocycles. The van der Waals surface area contributed by atoms with Gasteiger partial charge in [-0.2, -0.15) is 0 Å². The van der Waals surface area contributed by atoms with Crippen LogP contribution in [0.15, 0.2) is 51.7 Å². The van der Waals surface area contributed by atoms with Crippen LogP contribution >= 0.6 is 7.36 Å². The fourth-order valence-corrected chi connectivity index (χ4v) is 12.2. The number of methoxy groups -OCH3 is 3. The predicted octanol–water partition coefficient (Wildman–Crippen LogP) is 7.23. The van der Waals surface area contributed by atoms with Crippen molar-refractivity contribution in [1.29, 1.82) is 0 Å². The number of carbonyl (C=O) groups is 2. The van der Waals surface area contributed by atoms with E-state index in [4.69, 9.17) is 19.0 Å². The van der Waals surface area contributed by atoms with Gasteiger partial charge in [-0.15, -0.1) is 0 Å². The lowest BCUT2D eigenvalue weighted by Crippen LogP contribution is -2.53. The molecule has 1 aromatic rings. The second-order valence-electron chi connectivity index (χ2n) is 12.9. The first-order valence-electron chi connectivity index (χ1n) is 14.8. The van der Waals surface area contributed by atoms with Crippen LogP contribution in [0.4, 0.5) is 0 Å². The van der Waals surface area contributed by atoms with Crippen molar-refractivity contribution in [3.05, 3.63) is 52.5 Å². The summed E-state index contributed by atoms with van der Waals surface area (Å²) in [6.07, 6.45) is 7.40. The van der Waals surface area contributed by atoms with Gasteiger partial charge in [-0.05, 0) is 64.3 Å². The molecular weight excluding hydrogens is 537 g/mol. The fourth-order valence-electron chi connectivity index (χ4n) is 6.99. The molecule has 0 unspecified atom stereocenters. The van der Waals surface area contributed by atoms with Crippen molar-refractivity contribution in [3.63, 3.8) is 0 Å². The van der Waals surface area contributed by atoms with E-state index in [1.54, 1.807) is 7.11 Å². The lowest BCUT2D eigenvalue weighted by Gasteiger charge is -2.55. The van der Waals surface area contributed by atoms with Crippen molar-refractivity contribution in [2.75, 3.05) is 21.3 Å². The number of rotatable bonds is 8. The molecule has 0 radical (unpaired) electrons. The zero-order chi connectivity index (χ0) is 30.3. The van der Waals surface area contributed by atoms with Crippen LogP contribution < -0.4 is 4.74 Å². The summed E-state index contributed by atoms with van der Waals surface area (Å²) in [6, 6.07) is 8.04. The number of nitrogens with zero attached hydrogens (tertiary/aromatic N) is 3. The number of ether oxygens (including phenoxy) is 3. The molecule has 1 fully saturated rings. The van der Waals surface area contributed by atoms with E-state index in [1.807, 2.05) is 24.3 Å². The summed E-state index contributed by atoms with van der Waals surface area (Å²) in [7, 11) is 1.31. The molecule has 1 saturated carbocycles. The average molecular weight is 586 g/mol. The zero-order valence-electron chi connectivity index (χ0n) is 26.5. The number of fused-ring (bicyclic) bond motifs is 2. The average Bonchev–Trinajstić information content (AvgIpc) is 3.09. The first kappa shape index (κ1) is 31.5. The highest BCUT2D eigenvalue weighted by Gasteiger charge is 2.67. The van der Waals surface area contributed by atoms with Crippen LogP contribution in [0.5, 0.6) is 5.75 Å². The fraction of sp³-hybridized carbons (Fsp3) is 0.625. The van der Waals surface area contributed by atoms with E-state index in [0.717, 1.165) is 42.7 Å². The van der Waals surface area contributed by atoms with E-state index in [-0.39, 0.29) is 23.5 Å². The summed E-state index contributed by atoms with van der Waals surface area (Å²) in [5, 5.41) is 0.353. The van der Waals surface area contributed by atoms with E-state index in [2.05, 4.69) is 63.9 Å². The van der Waals surface area contributed by atoms with Gasteiger partial charge in [0.2, 0.25) is 0 Å². The van der Waals surface area contributed by atoms with Gasteiger partial charge in [-0.3, -0.25) is 0 Å². The third-order valence-corrected chi connectivity index (χ3v) is 12.9. The molecule has 2 atom stereocenters. The molecule has 9 heteroatoms. The SMILES string of the molecule is COC(=O)C1=C(C(=O)OC)[P@]2(N(C(C)C)C(C)C)=NC(C(C)(C)C)=C[C@@]1(c1ccc(OC)cc1)N2C1CCCCC1. The summed E-state index contributed by atoms with van der Waals surface area (Å²) >= 11 is 0. The minimum atomic E-state index is -3.11. The van der Waals surface area contributed by atoms with Gasteiger partial charge >= 0.3 is 11.9 Å². The van der Waals surface area contributed by atoms with Gasteiger partial charge in [-0.1, -0.05) is 52.2 Å². The van der Waals surface area contributed by atoms with Crippen LogP contribution in [-0.4, -0.2) is 60.7 Å². The molecule has 0 N–H and O–H groups in total. The lowest BCUT2D eigenvalue weighted by molar-refractivity contribution is -0.139. The van der Waals surface area contributed by atoms with Gasteiger partial charge in [0, 0.05) is 29.2 Å². The topological polar surface area (TPSA) is 80.7 Å². The van der Waals surface area contributed by atoms with Crippen LogP contribution in [-0.2, 0) is 24.6 Å². The van der Waals surface area contributed by atoms with Crippen LogP contribution in [0.2, 0.25) is 0 Å². The number of esters is 2. The number of benzene rings is 1. The molecule has 0 spiro atoms. The molecule has 0 saturated heterocycles. The Morgan fingerprint density at radius 2 is 1.51 bits per heavy atom. The highest BCUT2D eigenvalue weighted by Crippen LogP contribution is 2.79.